The molecule has 3 nitrogen and oxygen atoms in total. The van der Waals surface area contributed by atoms with E-state index in [1.54, 1.807) is 0 Å². The van der Waals surface area contributed by atoms with Crippen LogP contribution in [0.4, 0.5) is 14.5 Å². The molecule has 0 saturated heterocycles. The molecule has 0 fully saturated rings. The highest BCUT2D eigenvalue weighted by Gasteiger charge is 2.20. The van der Waals surface area contributed by atoms with Crippen molar-refractivity contribution >= 4 is 31.6 Å². The summed E-state index contributed by atoms with van der Waals surface area (Å²) in [7, 11) is -3.75. The number of sulfonamides is 1. The third kappa shape index (κ3) is 2.91. The minimum atomic E-state index is -3.75. The van der Waals surface area contributed by atoms with Gasteiger partial charge in [-0.05, 0) is 26.0 Å². The molecule has 7 heteroatoms. The van der Waals surface area contributed by atoms with Crippen LogP contribution in [0.25, 0.3) is 0 Å². The monoisotopic (exact) mass is 313 g/mol. The van der Waals surface area contributed by atoms with Crippen LogP contribution in [0.2, 0.25) is 0 Å². The van der Waals surface area contributed by atoms with E-state index in [0.717, 1.165) is 12.1 Å². The van der Waals surface area contributed by atoms with E-state index in [2.05, 4.69) is 15.9 Å². The molecule has 1 N–H and O–H groups in total. The number of anilines is 1. The molecule has 1 rings (SSSR count). The van der Waals surface area contributed by atoms with Gasteiger partial charge >= 0.3 is 0 Å². The van der Waals surface area contributed by atoms with Gasteiger partial charge < -0.3 is 0 Å². The fourth-order valence-corrected chi connectivity index (χ4v) is 2.02. The molecule has 16 heavy (non-hydrogen) atoms. The van der Waals surface area contributed by atoms with Gasteiger partial charge in [-0.1, -0.05) is 15.9 Å². The highest BCUT2D eigenvalue weighted by atomic mass is 79.9. The van der Waals surface area contributed by atoms with Gasteiger partial charge in [0.05, 0.1) is 5.25 Å². The highest BCUT2D eigenvalue weighted by Crippen LogP contribution is 2.25. The van der Waals surface area contributed by atoms with E-state index in [9.17, 15) is 17.2 Å². The van der Waals surface area contributed by atoms with Crippen LogP contribution < -0.4 is 4.72 Å². The van der Waals surface area contributed by atoms with Crippen molar-refractivity contribution in [3.8, 4) is 0 Å². The molecule has 0 spiro atoms. The van der Waals surface area contributed by atoms with Gasteiger partial charge in [0.2, 0.25) is 10.0 Å². The van der Waals surface area contributed by atoms with Crippen LogP contribution in [0.1, 0.15) is 13.8 Å². The summed E-state index contributed by atoms with van der Waals surface area (Å²) in [6.07, 6.45) is 0. The maximum absolute atomic E-state index is 13.3. The van der Waals surface area contributed by atoms with E-state index >= 15 is 0 Å². The molecule has 90 valence electrons. The summed E-state index contributed by atoms with van der Waals surface area (Å²) in [6, 6.07) is 1.97. The number of nitrogens with one attached hydrogen (secondary N) is 1. The molecule has 1 aromatic carbocycles. The first-order valence-corrected chi connectivity index (χ1v) is 6.74. The standard InChI is InChI=1S/C9H10BrF2NO2S/c1-5(2)16(14,15)13-9-7(11)3-6(10)4-8(9)12/h3-5,13H,1-2H3. The second kappa shape index (κ2) is 4.67. The number of hydrogen-bond donors (Lipinski definition) is 1. The molecule has 1 aromatic rings. The maximum atomic E-state index is 13.3. The Kier molecular flexibility index (Phi) is 3.90. The van der Waals surface area contributed by atoms with Crippen molar-refractivity contribution in [3.63, 3.8) is 0 Å². The van der Waals surface area contributed by atoms with Gasteiger partial charge in [-0.25, -0.2) is 17.2 Å². The molecule has 0 aliphatic carbocycles. The fraction of sp³-hybridized carbons (Fsp3) is 0.333. The molecule has 0 bridgehead atoms. The Morgan fingerprint density at radius 1 is 1.25 bits per heavy atom. The predicted molar refractivity (Wildman–Crippen MR) is 61.7 cm³/mol. The van der Waals surface area contributed by atoms with Gasteiger partial charge in [-0.2, -0.15) is 0 Å². The van der Waals surface area contributed by atoms with Crippen molar-refractivity contribution < 1.29 is 17.2 Å². The minimum Gasteiger partial charge on any atom is -0.278 e. The number of halogens is 3. The third-order valence-corrected chi connectivity index (χ3v) is 4.06. The summed E-state index contributed by atoms with van der Waals surface area (Å²) in [4.78, 5) is 0. The topological polar surface area (TPSA) is 46.2 Å². The van der Waals surface area contributed by atoms with E-state index in [0.29, 0.717) is 0 Å². The number of rotatable bonds is 3. The molecule has 0 unspecified atom stereocenters. The Bertz CT molecular complexity index is 479. The van der Waals surface area contributed by atoms with E-state index in [-0.39, 0.29) is 4.47 Å². The van der Waals surface area contributed by atoms with Gasteiger partial charge in [0.25, 0.3) is 0 Å². The maximum Gasteiger partial charge on any atom is 0.235 e. The largest absolute Gasteiger partial charge is 0.278 e. The van der Waals surface area contributed by atoms with Gasteiger partial charge in [0, 0.05) is 4.47 Å². The van der Waals surface area contributed by atoms with Crippen LogP contribution in [0, 0.1) is 11.6 Å². The van der Waals surface area contributed by atoms with Crippen LogP contribution in [0.15, 0.2) is 16.6 Å². The fourth-order valence-electron chi connectivity index (χ4n) is 0.900. The lowest BCUT2D eigenvalue weighted by molar-refractivity contribution is 0.578. The summed E-state index contributed by atoms with van der Waals surface area (Å²) >= 11 is 2.90. The van der Waals surface area contributed by atoms with Gasteiger partial charge in [0.15, 0.2) is 11.6 Å². The van der Waals surface area contributed by atoms with Gasteiger partial charge in [-0.3, -0.25) is 4.72 Å². The Hall–Kier alpha value is -0.690. The molecular formula is C9H10BrF2NO2S. The molecule has 0 amide bonds. The first-order valence-electron chi connectivity index (χ1n) is 4.40. The Labute approximate surface area is 101 Å². The molecule has 0 aromatic heterocycles. The Balaban J connectivity index is 3.17. The zero-order valence-corrected chi connectivity index (χ0v) is 11.0. The Morgan fingerprint density at radius 2 is 1.69 bits per heavy atom. The predicted octanol–water partition coefficient (Wildman–Crippen LogP) is 2.88. The van der Waals surface area contributed by atoms with Crippen molar-refractivity contribution in [3.05, 3.63) is 28.2 Å². The zero-order valence-electron chi connectivity index (χ0n) is 8.59. The lowest BCUT2D eigenvalue weighted by Gasteiger charge is -2.12. The molecule has 0 aliphatic rings. The molecule has 0 saturated carbocycles. The highest BCUT2D eigenvalue weighted by molar-refractivity contribution is 9.10. The van der Waals surface area contributed by atoms with Gasteiger partial charge in [0.1, 0.15) is 5.69 Å². The summed E-state index contributed by atoms with van der Waals surface area (Å²) in [5.74, 6) is -1.92. The molecule has 0 radical (unpaired) electrons. The average molecular weight is 314 g/mol. The summed E-state index contributed by atoms with van der Waals surface area (Å²) in [6.45, 7) is 2.83. The van der Waals surface area contributed by atoms with Crippen LogP contribution in [0.5, 0.6) is 0 Å². The van der Waals surface area contributed by atoms with E-state index in [4.69, 9.17) is 0 Å². The minimum absolute atomic E-state index is 0.204. The zero-order chi connectivity index (χ0) is 12.5. The second-order valence-corrected chi connectivity index (χ2v) is 6.59. The summed E-state index contributed by atoms with van der Waals surface area (Å²) < 4.78 is 51.6. The molecule has 0 aliphatic heterocycles. The van der Waals surface area contributed by atoms with Crippen LogP contribution >= 0.6 is 15.9 Å². The molecule has 0 atom stereocenters. The van der Waals surface area contributed by atoms with E-state index in [1.165, 1.54) is 13.8 Å². The van der Waals surface area contributed by atoms with Crippen LogP contribution in [-0.2, 0) is 10.0 Å². The molecule has 0 heterocycles. The third-order valence-electron chi connectivity index (χ3n) is 1.87. The first-order chi connectivity index (χ1) is 7.24. The van der Waals surface area contributed by atoms with Crippen molar-refractivity contribution in [1.82, 2.24) is 0 Å². The SMILES string of the molecule is CC(C)S(=O)(=O)Nc1c(F)cc(Br)cc1F. The van der Waals surface area contributed by atoms with E-state index in [1.807, 2.05) is 4.72 Å². The lowest BCUT2D eigenvalue weighted by Crippen LogP contribution is -2.23. The van der Waals surface area contributed by atoms with Crippen molar-refractivity contribution in [1.29, 1.82) is 0 Å². The summed E-state index contributed by atoms with van der Waals surface area (Å²) in [5, 5.41) is -0.769. The number of hydrogen-bond acceptors (Lipinski definition) is 2. The van der Waals surface area contributed by atoms with Gasteiger partial charge in [-0.15, -0.1) is 0 Å². The van der Waals surface area contributed by atoms with E-state index < -0.39 is 32.6 Å². The first kappa shape index (κ1) is 13.4. The van der Waals surface area contributed by atoms with Crippen molar-refractivity contribution in [2.75, 3.05) is 4.72 Å². The van der Waals surface area contributed by atoms with Crippen molar-refractivity contribution in [2.24, 2.45) is 0 Å². The Morgan fingerprint density at radius 3 is 2.06 bits per heavy atom. The van der Waals surface area contributed by atoms with Crippen molar-refractivity contribution in [2.45, 2.75) is 19.1 Å². The average Bonchev–Trinajstić information content (AvgIpc) is 2.11. The normalized spacial score (nSPS) is 11.9. The van der Waals surface area contributed by atoms with Crippen LogP contribution in [0.3, 0.4) is 0 Å². The van der Waals surface area contributed by atoms with Crippen LogP contribution in [-0.4, -0.2) is 13.7 Å². The summed E-state index contributed by atoms with van der Waals surface area (Å²) in [5.41, 5.74) is -0.656. The quantitative estimate of drug-likeness (QED) is 0.932. The molecular weight excluding hydrogens is 304 g/mol. The lowest BCUT2D eigenvalue weighted by atomic mass is 10.3. The number of benzene rings is 1. The smallest absolute Gasteiger partial charge is 0.235 e. The second-order valence-electron chi connectivity index (χ2n) is 3.44.